The summed E-state index contributed by atoms with van der Waals surface area (Å²) in [5, 5.41) is 3.48. The van der Waals surface area contributed by atoms with Gasteiger partial charge in [0.1, 0.15) is 11.3 Å². The second kappa shape index (κ2) is 9.71. The highest BCUT2D eigenvalue weighted by Gasteiger charge is 2.20. The highest BCUT2D eigenvalue weighted by molar-refractivity contribution is 5.80. The lowest BCUT2D eigenvalue weighted by Gasteiger charge is -2.23. The molecule has 0 bridgehead atoms. The summed E-state index contributed by atoms with van der Waals surface area (Å²) >= 11 is 0. The van der Waals surface area contributed by atoms with Gasteiger partial charge in [-0.05, 0) is 50.8 Å². The number of benzene rings is 2. The summed E-state index contributed by atoms with van der Waals surface area (Å²) < 4.78 is 2.32. The monoisotopic (exact) mass is 440 g/mol. The Hall–Kier alpha value is -3.25. The van der Waals surface area contributed by atoms with Gasteiger partial charge in [0.25, 0.3) is 0 Å². The number of hydrogen-bond acceptors (Lipinski definition) is 5. The van der Waals surface area contributed by atoms with Crippen molar-refractivity contribution in [1.29, 1.82) is 0 Å². The predicted octanol–water partition coefficient (Wildman–Crippen LogP) is 4.83. The topological polar surface area (TPSA) is 58.9 Å². The summed E-state index contributed by atoms with van der Waals surface area (Å²) in [6.07, 6.45) is 3.63. The van der Waals surface area contributed by atoms with Crippen LogP contribution in [0.1, 0.15) is 30.5 Å². The van der Waals surface area contributed by atoms with E-state index in [9.17, 15) is 0 Å². The molecule has 1 saturated heterocycles. The SMILES string of the molecule is Cc1nc(N(C)Cc2ccccc2)nc2c1nc(-c1ccccc1)n2CCC1CCNCC1. The maximum absolute atomic E-state index is 5.04. The van der Waals surface area contributed by atoms with Crippen molar-refractivity contribution >= 4 is 17.1 Å². The molecule has 0 aliphatic carbocycles. The first kappa shape index (κ1) is 21.6. The van der Waals surface area contributed by atoms with Crippen LogP contribution in [0.3, 0.4) is 0 Å². The van der Waals surface area contributed by atoms with Gasteiger partial charge in [0.15, 0.2) is 5.65 Å². The highest BCUT2D eigenvalue weighted by Crippen LogP contribution is 2.28. The molecular formula is C27H32N6. The quantitative estimate of drug-likeness (QED) is 0.446. The minimum absolute atomic E-state index is 0.742. The van der Waals surface area contributed by atoms with Crippen LogP contribution in [0.25, 0.3) is 22.6 Å². The fourth-order valence-corrected chi connectivity index (χ4v) is 4.72. The third-order valence-corrected chi connectivity index (χ3v) is 6.61. The Morgan fingerprint density at radius 2 is 1.64 bits per heavy atom. The molecule has 6 nitrogen and oxygen atoms in total. The van der Waals surface area contributed by atoms with E-state index in [1.165, 1.54) is 18.4 Å². The van der Waals surface area contributed by atoms with E-state index in [0.717, 1.165) is 72.7 Å². The third kappa shape index (κ3) is 4.76. The average Bonchev–Trinajstić information content (AvgIpc) is 3.23. The van der Waals surface area contributed by atoms with E-state index in [4.69, 9.17) is 15.0 Å². The molecule has 2 aromatic carbocycles. The Morgan fingerprint density at radius 3 is 2.36 bits per heavy atom. The first-order valence-electron chi connectivity index (χ1n) is 11.9. The number of aryl methyl sites for hydroxylation is 2. The minimum Gasteiger partial charge on any atom is -0.339 e. The van der Waals surface area contributed by atoms with E-state index in [2.05, 4.69) is 70.4 Å². The third-order valence-electron chi connectivity index (χ3n) is 6.61. The number of rotatable bonds is 7. The van der Waals surface area contributed by atoms with Gasteiger partial charge in [0.2, 0.25) is 5.95 Å². The van der Waals surface area contributed by atoms with Crippen LogP contribution in [0.15, 0.2) is 60.7 Å². The van der Waals surface area contributed by atoms with Crippen LogP contribution in [0.2, 0.25) is 0 Å². The summed E-state index contributed by atoms with van der Waals surface area (Å²) in [7, 11) is 2.06. The van der Waals surface area contributed by atoms with E-state index in [1.807, 2.05) is 19.1 Å². The first-order valence-corrected chi connectivity index (χ1v) is 11.9. The molecule has 33 heavy (non-hydrogen) atoms. The molecule has 1 aliphatic rings. The van der Waals surface area contributed by atoms with Crippen LogP contribution in [0, 0.1) is 12.8 Å². The van der Waals surface area contributed by atoms with Crippen LogP contribution < -0.4 is 10.2 Å². The van der Waals surface area contributed by atoms with E-state index >= 15 is 0 Å². The lowest BCUT2D eigenvalue weighted by molar-refractivity contribution is 0.339. The van der Waals surface area contributed by atoms with E-state index in [-0.39, 0.29) is 0 Å². The molecule has 0 radical (unpaired) electrons. The van der Waals surface area contributed by atoms with Gasteiger partial charge in [-0.2, -0.15) is 4.98 Å². The van der Waals surface area contributed by atoms with E-state index in [1.54, 1.807) is 0 Å². The van der Waals surface area contributed by atoms with Crippen molar-refractivity contribution in [2.45, 2.75) is 39.3 Å². The number of piperidine rings is 1. The van der Waals surface area contributed by atoms with E-state index in [0.29, 0.717) is 0 Å². The molecule has 0 saturated carbocycles. The molecule has 6 heteroatoms. The van der Waals surface area contributed by atoms with Crippen LogP contribution in [-0.4, -0.2) is 39.7 Å². The zero-order chi connectivity index (χ0) is 22.6. The lowest BCUT2D eigenvalue weighted by atomic mass is 9.95. The summed E-state index contributed by atoms with van der Waals surface area (Å²) in [5.74, 6) is 2.47. The summed E-state index contributed by atoms with van der Waals surface area (Å²) in [4.78, 5) is 17.0. The molecule has 0 unspecified atom stereocenters. The molecular weight excluding hydrogens is 408 g/mol. The fraction of sp³-hybridized carbons (Fsp3) is 0.370. The van der Waals surface area contributed by atoms with Crippen LogP contribution in [0.5, 0.6) is 0 Å². The number of nitrogens with zero attached hydrogens (tertiary/aromatic N) is 5. The summed E-state index contributed by atoms with van der Waals surface area (Å²) in [6, 6.07) is 20.9. The highest BCUT2D eigenvalue weighted by atomic mass is 15.3. The van der Waals surface area contributed by atoms with Gasteiger partial charge < -0.3 is 14.8 Å². The smallest absolute Gasteiger partial charge is 0.227 e. The second-order valence-electron chi connectivity index (χ2n) is 9.06. The molecule has 3 heterocycles. The molecule has 1 aliphatic heterocycles. The van der Waals surface area contributed by atoms with E-state index < -0.39 is 0 Å². The van der Waals surface area contributed by atoms with Gasteiger partial charge in [0, 0.05) is 25.7 Å². The van der Waals surface area contributed by atoms with Crippen molar-refractivity contribution in [1.82, 2.24) is 24.8 Å². The number of anilines is 1. The maximum Gasteiger partial charge on any atom is 0.227 e. The lowest BCUT2D eigenvalue weighted by Crippen LogP contribution is -2.28. The standard InChI is InChI=1S/C27H32N6/c1-20-24-26(31-27(29-20)32(2)19-22-9-5-3-6-10-22)33(18-15-21-13-16-28-17-14-21)25(30-24)23-11-7-4-8-12-23/h3-12,21,28H,13-19H2,1-2H3. The van der Waals surface area contributed by atoms with Crippen molar-refractivity contribution in [2.24, 2.45) is 5.92 Å². The molecule has 0 amide bonds. The Balaban J connectivity index is 1.53. The number of aromatic nitrogens is 4. The largest absolute Gasteiger partial charge is 0.339 e. The molecule has 5 rings (SSSR count). The fourth-order valence-electron chi connectivity index (χ4n) is 4.72. The minimum atomic E-state index is 0.742. The Morgan fingerprint density at radius 1 is 0.939 bits per heavy atom. The zero-order valence-electron chi connectivity index (χ0n) is 19.5. The normalized spacial score (nSPS) is 14.6. The molecule has 170 valence electrons. The number of hydrogen-bond donors (Lipinski definition) is 1. The average molecular weight is 441 g/mol. The Kier molecular flexibility index (Phi) is 6.35. The van der Waals surface area contributed by atoms with Crippen molar-refractivity contribution < 1.29 is 0 Å². The van der Waals surface area contributed by atoms with Crippen LogP contribution >= 0.6 is 0 Å². The number of fused-ring (bicyclic) bond motifs is 1. The molecule has 1 N–H and O–H groups in total. The van der Waals surface area contributed by atoms with Gasteiger partial charge in [0.05, 0.1) is 5.69 Å². The second-order valence-corrected chi connectivity index (χ2v) is 9.06. The Bertz CT molecular complexity index is 1200. The number of imidazole rings is 1. The molecule has 0 atom stereocenters. The van der Waals surface area contributed by atoms with Gasteiger partial charge in [-0.3, -0.25) is 0 Å². The van der Waals surface area contributed by atoms with Crippen molar-refractivity contribution in [3.63, 3.8) is 0 Å². The molecule has 1 fully saturated rings. The van der Waals surface area contributed by atoms with Gasteiger partial charge in [-0.25, -0.2) is 9.97 Å². The Labute approximate surface area is 195 Å². The van der Waals surface area contributed by atoms with Crippen LogP contribution in [-0.2, 0) is 13.1 Å². The van der Waals surface area contributed by atoms with Crippen LogP contribution in [0.4, 0.5) is 5.95 Å². The van der Waals surface area contributed by atoms with Gasteiger partial charge >= 0.3 is 0 Å². The zero-order valence-corrected chi connectivity index (χ0v) is 19.5. The van der Waals surface area contributed by atoms with Gasteiger partial charge in [-0.15, -0.1) is 0 Å². The van der Waals surface area contributed by atoms with Crippen molar-refractivity contribution in [3.8, 4) is 11.4 Å². The van der Waals surface area contributed by atoms with Crippen molar-refractivity contribution in [3.05, 3.63) is 71.9 Å². The molecule has 4 aromatic rings. The first-order chi connectivity index (χ1) is 16.2. The van der Waals surface area contributed by atoms with Gasteiger partial charge in [-0.1, -0.05) is 60.7 Å². The summed E-state index contributed by atoms with van der Waals surface area (Å²) in [6.45, 7) is 5.97. The molecule has 2 aromatic heterocycles. The number of nitrogens with one attached hydrogen (secondary N) is 1. The molecule has 0 spiro atoms. The predicted molar refractivity (Wildman–Crippen MR) is 134 cm³/mol. The summed E-state index contributed by atoms with van der Waals surface area (Å²) in [5.41, 5.74) is 5.12. The maximum atomic E-state index is 5.04. The van der Waals surface area contributed by atoms with Crippen molar-refractivity contribution in [2.75, 3.05) is 25.0 Å².